The highest BCUT2D eigenvalue weighted by atomic mass is 16.5. The Hall–Kier alpha value is -0.980. The smallest absolute Gasteiger partial charge is 0.230 e. The third kappa shape index (κ3) is 4.04. The number of methoxy groups -OCH3 is 1. The number of aromatic nitrogens is 2. The fourth-order valence-corrected chi connectivity index (χ4v) is 2.27. The summed E-state index contributed by atoms with van der Waals surface area (Å²) in [5, 5.41) is 11.4. The zero-order chi connectivity index (χ0) is 12.8. The van der Waals surface area contributed by atoms with Crippen molar-refractivity contribution in [2.24, 2.45) is 0 Å². The van der Waals surface area contributed by atoms with Gasteiger partial charge in [0.1, 0.15) is 0 Å². The lowest BCUT2D eigenvalue weighted by Gasteiger charge is -2.23. The summed E-state index contributed by atoms with van der Waals surface area (Å²) in [5.41, 5.74) is 0. The summed E-state index contributed by atoms with van der Waals surface area (Å²) in [6.45, 7) is 6.25. The van der Waals surface area contributed by atoms with Crippen molar-refractivity contribution in [2.75, 3.05) is 33.4 Å². The third-order valence-electron chi connectivity index (χ3n) is 3.18. The molecule has 0 aliphatic carbocycles. The topological polar surface area (TPSA) is 63.4 Å². The normalized spacial score (nSPS) is 19.8. The molecule has 1 aromatic heterocycles. The highest BCUT2D eigenvalue weighted by Crippen LogP contribution is 2.09. The molecule has 1 unspecified atom stereocenters. The van der Waals surface area contributed by atoms with Crippen molar-refractivity contribution in [3.63, 3.8) is 0 Å². The van der Waals surface area contributed by atoms with E-state index in [2.05, 4.69) is 20.4 Å². The first-order valence-electron chi connectivity index (χ1n) is 6.51. The number of rotatable bonds is 7. The van der Waals surface area contributed by atoms with E-state index in [-0.39, 0.29) is 0 Å². The molecule has 0 aromatic carbocycles. The second kappa shape index (κ2) is 6.82. The Bertz CT molecular complexity index is 350. The Morgan fingerprint density at radius 1 is 1.50 bits per heavy atom. The SMILES string of the molecule is COCCN(Cc1nnc(C)o1)CC1CCCN1. The standard InChI is InChI=1S/C12H22N4O2/c1-10-14-15-12(18-10)9-16(6-7-17-2)8-11-4-3-5-13-11/h11,13H,3-9H2,1-2H3. The molecule has 1 saturated heterocycles. The lowest BCUT2D eigenvalue weighted by atomic mass is 10.2. The van der Waals surface area contributed by atoms with Gasteiger partial charge in [0.25, 0.3) is 0 Å². The van der Waals surface area contributed by atoms with E-state index in [9.17, 15) is 0 Å². The summed E-state index contributed by atoms with van der Waals surface area (Å²) < 4.78 is 10.6. The Morgan fingerprint density at radius 2 is 2.39 bits per heavy atom. The predicted molar refractivity (Wildman–Crippen MR) is 67.2 cm³/mol. The maximum Gasteiger partial charge on any atom is 0.230 e. The van der Waals surface area contributed by atoms with Crippen LogP contribution in [-0.4, -0.2) is 54.5 Å². The van der Waals surface area contributed by atoms with Crippen LogP contribution in [0.25, 0.3) is 0 Å². The van der Waals surface area contributed by atoms with E-state index in [1.54, 1.807) is 7.11 Å². The maximum absolute atomic E-state index is 5.43. The van der Waals surface area contributed by atoms with Gasteiger partial charge < -0.3 is 14.5 Å². The number of hydrogen-bond acceptors (Lipinski definition) is 6. The second-order valence-corrected chi connectivity index (χ2v) is 4.74. The van der Waals surface area contributed by atoms with Crippen molar-refractivity contribution < 1.29 is 9.15 Å². The van der Waals surface area contributed by atoms with Gasteiger partial charge in [-0.15, -0.1) is 10.2 Å². The van der Waals surface area contributed by atoms with Crippen molar-refractivity contribution in [3.8, 4) is 0 Å². The van der Waals surface area contributed by atoms with Crippen molar-refractivity contribution in [2.45, 2.75) is 32.4 Å². The average molecular weight is 254 g/mol. The van der Waals surface area contributed by atoms with Gasteiger partial charge >= 0.3 is 0 Å². The van der Waals surface area contributed by atoms with E-state index in [1.807, 2.05) is 6.92 Å². The first-order chi connectivity index (χ1) is 8.78. The average Bonchev–Trinajstić information content (AvgIpc) is 2.98. The number of hydrogen-bond donors (Lipinski definition) is 1. The van der Waals surface area contributed by atoms with Crippen molar-refractivity contribution in [3.05, 3.63) is 11.8 Å². The summed E-state index contributed by atoms with van der Waals surface area (Å²) in [6, 6.07) is 0.575. The second-order valence-electron chi connectivity index (χ2n) is 4.74. The van der Waals surface area contributed by atoms with Gasteiger partial charge in [-0.25, -0.2) is 0 Å². The highest BCUT2D eigenvalue weighted by molar-refractivity contribution is 4.83. The number of ether oxygens (including phenoxy) is 1. The molecule has 0 saturated carbocycles. The van der Waals surface area contributed by atoms with Gasteiger partial charge in [-0.05, 0) is 19.4 Å². The number of nitrogens with zero attached hydrogens (tertiary/aromatic N) is 3. The van der Waals surface area contributed by atoms with E-state index in [1.165, 1.54) is 12.8 Å². The van der Waals surface area contributed by atoms with Crippen molar-refractivity contribution in [1.29, 1.82) is 0 Å². The molecule has 0 amide bonds. The molecule has 1 aliphatic rings. The maximum atomic E-state index is 5.43. The Labute approximate surface area is 108 Å². The van der Waals surface area contributed by atoms with Crippen LogP contribution in [0.2, 0.25) is 0 Å². The summed E-state index contributed by atoms with van der Waals surface area (Å²) in [6.07, 6.45) is 2.51. The molecule has 6 heteroatoms. The largest absolute Gasteiger partial charge is 0.424 e. The van der Waals surface area contributed by atoms with Gasteiger partial charge in [0.15, 0.2) is 0 Å². The van der Waals surface area contributed by atoms with Crippen molar-refractivity contribution in [1.82, 2.24) is 20.4 Å². The Balaban J connectivity index is 1.86. The molecule has 0 radical (unpaired) electrons. The summed E-state index contributed by atoms with van der Waals surface area (Å²) in [4.78, 5) is 2.31. The van der Waals surface area contributed by atoms with Gasteiger partial charge in [0.05, 0.1) is 13.2 Å². The monoisotopic (exact) mass is 254 g/mol. The molecule has 1 fully saturated rings. The van der Waals surface area contributed by atoms with Gasteiger partial charge in [-0.3, -0.25) is 4.90 Å². The molecular weight excluding hydrogens is 232 g/mol. The molecule has 0 bridgehead atoms. The summed E-state index contributed by atoms with van der Waals surface area (Å²) in [5.74, 6) is 1.30. The van der Waals surface area contributed by atoms with Crippen LogP contribution in [0.15, 0.2) is 4.42 Å². The van der Waals surface area contributed by atoms with Crippen LogP contribution in [0.4, 0.5) is 0 Å². The summed E-state index contributed by atoms with van der Waals surface area (Å²) >= 11 is 0. The van der Waals surface area contributed by atoms with Crippen molar-refractivity contribution >= 4 is 0 Å². The minimum Gasteiger partial charge on any atom is -0.424 e. The van der Waals surface area contributed by atoms with Crippen LogP contribution in [-0.2, 0) is 11.3 Å². The fraction of sp³-hybridized carbons (Fsp3) is 0.833. The lowest BCUT2D eigenvalue weighted by molar-refractivity contribution is 0.131. The zero-order valence-electron chi connectivity index (χ0n) is 11.2. The molecule has 1 aromatic rings. The van der Waals surface area contributed by atoms with Gasteiger partial charge in [-0.1, -0.05) is 0 Å². The van der Waals surface area contributed by atoms with Crippen LogP contribution in [0.1, 0.15) is 24.6 Å². The van der Waals surface area contributed by atoms with Crippen LogP contribution >= 0.6 is 0 Å². The summed E-state index contributed by atoms with van der Waals surface area (Å²) in [7, 11) is 1.73. The van der Waals surface area contributed by atoms with E-state index < -0.39 is 0 Å². The zero-order valence-corrected chi connectivity index (χ0v) is 11.2. The molecule has 1 atom stereocenters. The molecule has 1 N–H and O–H groups in total. The van der Waals surface area contributed by atoms with Gasteiger partial charge in [0, 0.05) is 33.2 Å². The van der Waals surface area contributed by atoms with E-state index in [4.69, 9.17) is 9.15 Å². The molecule has 18 heavy (non-hydrogen) atoms. The number of aryl methyl sites for hydroxylation is 1. The minimum atomic E-state index is 0.575. The minimum absolute atomic E-state index is 0.575. The molecule has 6 nitrogen and oxygen atoms in total. The number of nitrogens with one attached hydrogen (secondary N) is 1. The van der Waals surface area contributed by atoms with E-state index >= 15 is 0 Å². The molecule has 2 rings (SSSR count). The van der Waals surface area contributed by atoms with Crippen LogP contribution < -0.4 is 5.32 Å². The quantitative estimate of drug-likeness (QED) is 0.768. The molecule has 0 spiro atoms. The molecular formula is C12H22N4O2. The Morgan fingerprint density at radius 3 is 3.00 bits per heavy atom. The highest BCUT2D eigenvalue weighted by Gasteiger charge is 2.19. The molecule has 1 aliphatic heterocycles. The van der Waals surface area contributed by atoms with E-state index in [0.29, 0.717) is 24.4 Å². The van der Waals surface area contributed by atoms with Crippen LogP contribution in [0, 0.1) is 6.92 Å². The Kier molecular flexibility index (Phi) is 5.10. The fourth-order valence-electron chi connectivity index (χ4n) is 2.27. The third-order valence-corrected chi connectivity index (χ3v) is 3.18. The van der Waals surface area contributed by atoms with Crippen LogP contribution in [0.5, 0.6) is 0 Å². The van der Waals surface area contributed by atoms with Gasteiger partial charge in [-0.2, -0.15) is 0 Å². The molecule has 2 heterocycles. The molecule has 102 valence electrons. The van der Waals surface area contributed by atoms with E-state index in [0.717, 1.165) is 26.2 Å². The lowest BCUT2D eigenvalue weighted by Crippen LogP contribution is -2.38. The van der Waals surface area contributed by atoms with Crippen LogP contribution in [0.3, 0.4) is 0 Å². The van der Waals surface area contributed by atoms with Gasteiger partial charge in [0.2, 0.25) is 11.8 Å². The predicted octanol–water partition coefficient (Wildman–Crippen LogP) is 0.578. The first-order valence-corrected chi connectivity index (χ1v) is 6.51. The first kappa shape index (κ1) is 13.5.